The molecule has 0 bridgehead atoms. The van der Waals surface area contributed by atoms with Gasteiger partial charge in [-0.3, -0.25) is 4.79 Å². The van der Waals surface area contributed by atoms with E-state index in [1.807, 2.05) is 33.8 Å². The Hall–Kier alpha value is -4.37. The van der Waals surface area contributed by atoms with Crippen LogP contribution in [0.25, 0.3) is 22.3 Å². The van der Waals surface area contributed by atoms with Gasteiger partial charge in [0, 0.05) is 23.2 Å². The zero-order valence-corrected chi connectivity index (χ0v) is 24.7. The van der Waals surface area contributed by atoms with Crippen LogP contribution in [0.2, 0.25) is 0 Å². The third-order valence-corrected chi connectivity index (χ3v) is 9.01. The monoisotopic (exact) mass is 595 g/mol. The molecule has 0 spiro atoms. The second kappa shape index (κ2) is 11.9. The van der Waals surface area contributed by atoms with Crippen LogP contribution in [0, 0.1) is 35.3 Å². The van der Waals surface area contributed by atoms with Crippen molar-refractivity contribution < 1.29 is 26.7 Å². The smallest absolute Gasteiger partial charge is 0.307 e. The number of halogens is 2. The number of benzene rings is 1. The maximum atomic E-state index is 15.3. The van der Waals surface area contributed by atoms with Gasteiger partial charge >= 0.3 is 5.97 Å². The number of aromatic nitrogens is 3. The molecule has 0 saturated heterocycles. The van der Waals surface area contributed by atoms with E-state index in [4.69, 9.17) is 4.74 Å². The molecule has 4 aromatic rings. The second-order valence-corrected chi connectivity index (χ2v) is 12.4. The molecular formula is C30H31F2N5O4S. The van der Waals surface area contributed by atoms with E-state index in [-0.39, 0.29) is 51.6 Å². The summed E-state index contributed by atoms with van der Waals surface area (Å²) >= 11 is 0. The molecule has 1 unspecified atom stereocenters. The Labute approximate surface area is 243 Å². The van der Waals surface area contributed by atoms with Crippen molar-refractivity contribution >= 4 is 32.8 Å². The van der Waals surface area contributed by atoms with Crippen molar-refractivity contribution in [3.05, 3.63) is 71.6 Å². The molecule has 3 heterocycles. The molecule has 3 aromatic heterocycles. The summed E-state index contributed by atoms with van der Waals surface area (Å²) in [6.45, 7) is 9.43. The molecule has 42 heavy (non-hydrogen) atoms. The van der Waals surface area contributed by atoms with Crippen LogP contribution < -0.4 is 5.32 Å². The van der Waals surface area contributed by atoms with Crippen LogP contribution in [0.3, 0.4) is 0 Å². The van der Waals surface area contributed by atoms with Gasteiger partial charge < -0.3 is 10.1 Å². The maximum absolute atomic E-state index is 15.3. The van der Waals surface area contributed by atoms with Crippen molar-refractivity contribution in [1.82, 2.24) is 13.9 Å². The number of hydrogen-bond donors (Lipinski definition) is 1. The molecule has 1 atom stereocenters. The molecule has 0 aliphatic heterocycles. The van der Waals surface area contributed by atoms with Crippen LogP contribution in [-0.4, -0.2) is 41.0 Å². The molecule has 220 valence electrons. The van der Waals surface area contributed by atoms with E-state index in [0.717, 1.165) is 27.9 Å². The van der Waals surface area contributed by atoms with Gasteiger partial charge in [0.2, 0.25) is 0 Å². The van der Waals surface area contributed by atoms with E-state index in [9.17, 15) is 22.9 Å². The minimum atomic E-state index is -4.20. The van der Waals surface area contributed by atoms with Gasteiger partial charge in [-0.15, -0.1) is 0 Å². The predicted octanol–water partition coefficient (Wildman–Crippen LogP) is 5.96. The van der Waals surface area contributed by atoms with Gasteiger partial charge in [-0.05, 0) is 49.9 Å². The summed E-state index contributed by atoms with van der Waals surface area (Å²) in [5, 5.41) is 12.9. The summed E-state index contributed by atoms with van der Waals surface area (Å²) in [7, 11) is -4.20. The number of pyridine rings is 2. The highest BCUT2D eigenvalue weighted by atomic mass is 32.2. The van der Waals surface area contributed by atoms with Gasteiger partial charge in [-0.2, -0.15) is 5.26 Å². The number of carbonyl (C=O) groups is 1. The Balaban J connectivity index is 1.91. The third kappa shape index (κ3) is 5.97. The molecular weight excluding hydrogens is 564 g/mol. The summed E-state index contributed by atoms with van der Waals surface area (Å²) < 4.78 is 63.0. The predicted molar refractivity (Wildman–Crippen MR) is 154 cm³/mol. The first kappa shape index (κ1) is 30.6. The quantitative estimate of drug-likeness (QED) is 0.223. The standard InChI is InChI=1S/C30H31F2N5O4S/c1-6-30(4,5)25(14-26(38)41-7-2)35-28-24(32)12-19(15-33)27(36-28)23-17-37(29-22(23)13-20(31)16-34-29)42(39,40)21-10-8-18(3)9-11-21/h8-13,16-17,25H,6-7,14H2,1-5H3,(H,35,36). The first-order valence-corrected chi connectivity index (χ1v) is 14.8. The van der Waals surface area contributed by atoms with Crippen molar-refractivity contribution in [3.63, 3.8) is 0 Å². The minimum Gasteiger partial charge on any atom is -0.466 e. The third-order valence-electron chi connectivity index (χ3n) is 7.35. The van der Waals surface area contributed by atoms with E-state index in [2.05, 4.69) is 15.3 Å². The molecule has 0 amide bonds. The molecule has 4 rings (SSSR count). The fourth-order valence-electron chi connectivity index (χ4n) is 4.45. The van der Waals surface area contributed by atoms with Crippen molar-refractivity contribution in [2.45, 2.75) is 58.4 Å². The Bertz CT molecular complexity index is 1800. The lowest BCUT2D eigenvalue weighted by Crippen LogP contribution is -2.38. The minimum absolute atomic E-state index is 0.0267. The molecule has 0 aliphatic rings. The molecule has 12 heteroatoms. The maximum Gasteiger partial charge on any atom is 0.307 e. The molecule has 0 saturated carbocycles. The van der Waals surface area contributed by atoms with E-state index >= 15 is 4.39 Å². The molecule has 0 fully saturated rings. The Kier molecular flexibility index (Phi) is 8.63. The molecule has 0 aliphatic carbocycles. The summed E-state index contributed by atoms with van der Waals surface area (Å²) in [5.41, 5.74) is 0.0356. The van der Waals surface area contributed by atoms with Crippen molar-refractivity contribution in [3.8, 4) is 17.3 Å². The lowest BCUT2D eigenvalue weighted by molar-refractivity contribution is -0.144. The highest BCUT2D eigenvalue weighted by Crippen LogP contribution is 2.36. The summed E-state index contributed by atoms with van der Waals surface area (Å²) in [4.78, 5) is 20.8. The highest BCUT2D eigenvalue weighted by molar-refractivity contribution is 7.90. The van der Waals surface area contributed by atoms with Crippen LogP contribution in [0.15, 0.2) is 53.7 Å². The molecule has 0 radical (unpaired) electrons. The van der Waals surface area contributed by atoms with Gasteiger partial charge in [0.1, 0.15) is 11.9 Å². The second-order valence-electron chi connectivity index (χ2n) is 10.6. The van der Waals surface area contributed by atoms with E-state index < -0.39 is 39.1 Å². The van der Waals surface area contributed by atoms with Gasteiger partial charge in [0.25, 0.3) is 10.0 Å². The zero-order chi connectivity index (χ0) is 30.8. The fraction of sp³-hybridized carbons (Fsp3) is 0.333. The summed E-state index contributed by atoms with van der Waals surface area (Å²) in [6, 6.07) is 9.51. The Morgan fingerprint density at radius 2 is 1.88 bits per heavy atom. The number of hydrogen-bond acceptors (Lipinski definition) is 8. The fourth-order valence-corrected chi connectivity index (χ4v) is 5.78. The molecule has 1 aromatic carbocycles. The first-order chi connectivity index (χ1) is 19.8. The van der Waals surface area contributed by atoms with Crippen molar-refractivity contribution in [2.75, 3.05) is 11.9 Å². The molecule has 9 nitrogen and oxygen atoms in total. The number of anilines is 1. The van der Waals surface area contributed by atoms with Crippen LogP contribution >= 0.6 is 0 Å². The van der Waals surface area contributed by atoms with Gasteiger partial charge in [0.05, 0.1) is 35.4 Å². The lowest BCUT2D eigenvalue weighted by atomic mass is 9.80. The van der Waals surface area contributed by atoms with E-state index in [1.165, 1.54) is 18.3 Å². The van der Waals surface area contributed by atoms with Crippen LogP contribution in [0.4, 0.5) is 14.6 Å². The van der Waals surface area contributed by atoms with Crippen molar-refractivity contribution in [2.24, 2.45) is 5.41 Å². The Morgan fingerprint density at radius 1 is 1.19 bits per heavy atom. The van der Waals surface area contributed by atoms with Gasteiger partial charge in [-0.1, -0.05) is 38.5 Å². The van der Waals surface area contributed by atoms with E-state index in [1.54, 1.807) is 19.1 Å². The lowest BCUT2D eigenvalue weighted by Gasteiger charge is -2.34. The average molecular weight is 596 g/mol. The number of nitrogens with one attached hydrogen (secondary N) is 1. The topological polar surface area (TPSA) is 127 Å². The van der Waals surface area contributed by atoms with Crippen molar-refractivity contribution in [1.29, 1.82) is 5.26 Å². The largest absolute Gasteiger partial charge is 0.466 e. The summed E-state index contributed by atoms with van der Waals surface area (Å²) in [6.07, 6.45) is 2.64. The number of fused-ring (bicyclic) bond motifs is 1. The Morgan fingerprint density at radius 3 is 2.50 bits per heavy atom. The van der Waals surface area contributed by atoms with Crippen LogP contribution in [0.1, 0.15) is 51.7 Å². The SMILES string of the molecule is CCOC(=O)CC(Nc1nc(-c2cn(S(=O)(=O)c3ccc(C)cc3)c3ncc(F)cc23)c(C#N)cc1F)C(C)(C)CC. The van der Waals surface area contributed by atoms with Crippen LogP contribution in [0.5, 0.6) is 0 Å². The molecule has 1 N–H and O–H groups in total. The van der Waals surface area contributed by atoms with E-state index in [0.29, 0.717) is 6.42 Å². The number of carbonyl (C=O) groups excluding carboxylic acids is 1. The van der Waals surface area contributed by atoms with Gasteiger partial charge in [0.15, 0.2) is 17.3 Å². The number of nitriles is 1. The zero-order valence-electron chi connectivity index (χ0n) is 23.9. The number of rotatable bonds is 10. The number of nitrogens with zero attached hydrogens (tertiary/aromatic N) is 4. The highest BCUT2D eigenvalue weighted by Gasteiger charge is 2.32. The summed E-state index contributed by atoms with van der Waals surface area (Å²) in [5.74, 6) is -2.33. The number of esters is 1. The van der Waals surface area contributed by atoms with Crippen LogP contribution in [-0.2, 0) is 19.6 Å². The number of ether oxygens (including phenoxy) is 1. The number of aryl methyl sites for hydroxylation is 1. The normalized spacial score (nSPS) is 12.6. The average Bonchev–Trinajstić information content (AvgIpc) is 3.33. The first-order valence-electron chi connectivity index (χ1n) is 13.3. The van der Waals surface area contributed by atoms with Gasteiger partial charge in [-0.25, -0.2) is 31.1 Å².